The lowest BCUT2D eigenvalue weighted by Crippen LogP contribution is -1.97. The minimum Gasteiger partial charge on any atom is -0.486 e. The largest absolute Gasteiger partial charge is 0.486 e. The van der Waals surface area contributed by atoms with Crippen molar-refractivity contribution in [1.29, 1.82) is 0 Å². The maximum Gasteiger partial charge on any atom is 0.156 e. The van der Waals surface area contributed by atoms with Gasteiger partial charge in [-0.3, -0.25) is 0 Å². The first kappa shape index (κ1) is 11.4. The fourth-order valence-electron chi connectivity index (χ4n) is 0.916. The minimum atomic E-state index is 0.417. The second-order valence-electron chi connectivity index (χ2n) is 2.57. The molecular formula is C10H11Cl2NO. The Hall–Kier alpha value is -0.700. The monoisotopic (exact) mass is 231 g/mol. The molecule has 0 radical (unpaired) electrons. The van der Waals surface area contributed by atoms with Crippen LogP contribution in [0.2, 0.25) is 10.0 Å². The topological polar surface area (TPSA) is 35.2 Å². The van der Waals surface area contributed by atoms with E-state index in [9.17, 15) is 0 Å². The van der Waals surface area contributed by atoms with Gasteiger partial charge in [0.2, 0.25) is 0 Å². The summed E-state index contributed by atoms with van der Waals surface area (Å²) in [5, 5.41) is 1.03. The second kappa shape index (κ2) is 5.91. The Kier molecular flexibility index (Phi) is 4.80. The van der Waals surface area contributed by atoms with Gasteiger partial charge in [-0.05, 0) is 12.1 Å². The standard InChI is InChI=1S/C10H11Cl2NO/c11-8-4-3-5-9(12)10(8)14-7-2-1-6-13/h1-5H,6-7,13H2/b2-1+. The van der Waals surface area contributed by atoms with Crippen LogP contribution in [0.3, 0.4) is 0 Å². The molecule has 0 aromatic heterocycles. The Bertz CT molecular complexity index is 306. The molecule has 0 heterocycles. The van der Waals surface area contributed by atoms with Gasteiger partial charge in [-0.1, -0.05) is 41.4 Å². The van der Waals surface area contributed by atoms with Gasteiger partial charge >= 0.3 is 0 Å². The first-order valence-electron chi connectivity index (χ1n) is 4.17. The molecule has 0 bridgehead atoms. The van der Waals surface area contributed by atoms with Crippen molar-refractivity contribution in [3.05, 3.63) is 40.4 Å². The molecular weight excluding hydrogens is 221 g/mol. The quantitative estimate of drug-likeness (QED) is 0.810. The molecule has 0 unspecified atom stereocenters. The first-order valence-corrected chi connectivity index (χ1v) is 4.93. The Morgan fingerprint density at radius 2 is 1.86 bits per heavy atom. The molecule has 1 aromatic rings. The smallest absolute Gasteiger partial charge is 0.156 e. The predicted molar refractivity (Wildman–Crippen MR) is 60.2 cm³/mol. The number of para-hydroxylation sites is 1. The predicted octanol–water partition coefficient (Wildman–Crippen LogP) is 2.89. The Labute approximate surface area is 93.3 Å². The van der Waals surface area contributed by atoms with Gasteiger partial charge < -0.3 is 10.5 Å². The average molecular weight is 232 g/mol. The molecule has 76 valence electrons. The molecule has 2 N–H and O–H groups in total. The summed E-state index contributed by atoms with van der Waals surface area (Å²) in [5.74, 6) is 0.512. The van der Waals surface area contributed by atoms with Gasteiger partial charge in [-0.2, -0.15) is 0 Å². The fraction of sp³-hybridized carbons (Fsp3) is 0.200. The zero-order valence-electron chi connectivity index (χ0n) is 7.54. The van der Waals surface area contributed by atoms with Crippen molar-refractivity contribution >= 4 is 23.2 Å². The maximum atomic E-state index is 5.88. The van der Waals surface area contributed by atoms with E-state index in [0.29, 0.717) is 28.9 Å². The molecule has 1 aromatic carbocycles. The highest BCUT2D eigenvalue weighted by molar-refractivity contribution is 6.37. The number of hydrogen-bond donors (Lipinski definition) is 1. The van der Waals surface area contributed by atoms with Crippen LogP contribution in [0.15, 0.2) is 30.4 Å². The molecule has 0 aliphatic heterocycles. The van der Waals surface area contributed by atoms with Crippen LogP contribution >= 0.6 is 23.2 Å². The van der Waals surface area contributed by atoms with Crippen molar-refractivity contribution in [2.45, 2.75) is 0 Å². The van der Waals surface area contributed by atoms with E-state index in [2.05, 4.69) is 0 Å². The summed E-state index contributed by atoms with van der Waals surface area (Å²) in [6.07, 6.45) is 3.63. The molecule has 0 spiro atoms. The van der Waals surface area contributed by atoms with Crippen LogP contribution < -0.4 is 10.5 Å². The number of rotatable bonds is 4. The molecule has 0 saturated heterocycles. The lowest BCUT2D eigenvalue weighted by Gasteiger charge is -2.06. The third-order valence-corrected chi connectivity index (χ3v) is 2.14. The number of benzene rings is 1. The van der Waals surface area contributed by atoms with Gasteiger partial charge in [0.05, 0.1) is 10.0 Å². The molecule has 0 atom stereocenters. The van der Waals surface area contributed by atoms with Crippen molar-refractivity contribution in [1.82, 2.24) is 0 Å². The van der Waals surface area contributed by atoms with Gasteiger partial charge in [0, 0.05) is 6.54 Å². The molecule has 4 heteroatoms. The van der Waals surface area contributed by atoms with Crippen molar-refractivity contribution in [3.63, 3.8) is 0 Å². The molecule has 1 rings (SSSR count). The third kappa shape index (κ3) is 3.22. The van der Waals surface area contributed by atoms with E-state index in [1.807, 2.05) is 12.2 Å². The van der Waals surface area contributed by atoms with Gasteiger partial charge in [0.15, 0.2) is 5.75 Å². The molecule has 2 nitrogen and oxygen atoms in total. The van der Waals surface area contributed by atoms with Crippen LogP contribution in [-0.2, 0) is 0 Å². The van der Waals surface area contributed by atoms with E-state index < -0.39 is 0 Å². The number of ether oxygens (including phenoxy) is 1. The van der Waals surface area contributed by atoms with Crippen molar-refractivity contribution in [2.24, 2.45) is 5.73 Å². The number of halogens is 2. The summed E-state index contributed by atoms with van der Waals surface area (Å²) < 4.78 is 5.36. The van der Waals surface area contributed by atoms with Gasteiger partial charge in [0.1, 0.15) is 6.61 Å². The van der Waals surface area contributed by atoms with Crippen molar-refractivity contribution in [3.8, 4) is 5.75 Å². The summed E-state index contributed by atoms with van der Waals surface area (Å²) in [6, 6.07) is 5.23. The van der Waals surface area contributed by atoms with E-state index >= 15 is 0 Å². The van der Waals surface area contributed by atoms with Crippen LogP contribution in [0, 0.1) is 0 Å². The van der Waals surface area contributed by atoms with Crippen LogP contribution in [0.1, 0.15) is 0 Å². The summed E-state index contributed by atoms with van der Waals surface area (Å²) >= 11 is 11.8. The van der Waals surface area contributed by atoms with Crippen molar-refractivity contribution in [2.75, 3.05) is 13.2 Å². The molecule has 0 aliphatic rings. The zero-order chi connectivity index (χ0) is 10.4. The molecule has 0 saturated carbocycles. The molecule has 0 aliphatic carbocycles. The van der Waals surface area contributed by atoms with E-state index in [1.54, 1.807) is 18.2 Å². The van der Waals surface area contributed by atoms with E-state index in [4.69, 9.17) is 33.7 Å². The third-order valence-electron chi connectivity index (χ3n) is 1.55. The van der Waals surface area contributed by atoms with Gasteiger partial charge in [-0.15, -0.1) is 0 Å². The SMILES string of the molecule is NC/C=C/COc1c(Cl)cccc1Cl. The highest BCUT2D eigenvalue weighted by Gasteiger charge is 2.04. The van der Waals surface area contributed by atoms with Crippen LogP contribution in [0.4, 0.5) is 0 Å². The van der Waals surface area contributed by atoms with Crippen LogP contribution in [0.5, 0.6) is 5.75 Å². The average Bonchev–Trinajstić information content (AvgIpc) is 2.16. The fourth-order valence-corrected chi connectivity index (χ4v) is 1.42. The summed E-state index contributed by atoms with van der Waals surface area (Å²) in [4.78, 5) is 0. The van der Waals surface area contributed by atoms with E-state index in [-0.39, 0.29) is 0 Å². The van der Waals surface area contributed by atoms with E-state index in [1.165, 1.54) is 0 Å². The molecule has 14 heavy (non-hydrogen) atoms. The van der Waals surface area contributed by atoms with E-state index in [0.717, 1.165) is 0 Å². The lowest BCUT2D eigenvalue weighted by molar-refractivity contribution is 0.363. The van der Waals surface area contributed by atoms with Crippen molar-refractivity contribution < 1.29 is 4.74 Å². The zero-order valence-corrected chi connectivity index (χ0v) is 9.05. The highest BCUT2D eigenvalue weighted by Crippen LogP contribution is 2.32. The normalized spacial score (nSPS) is 10.8. The minimum absolute atomic E-state index is 0.417. The number of nitrogens with two attached hydrogens (primary N) is 1. The maximum absolute atomic E-state index is 5.88. The van der Waals surface area contributed by atoms with Crippen LogP contribution in [-0.4, -0.2) is 13.2 Å². The second-order valence-corrected chi connectivity index (χ2v) is 3.38. The summed E-state index contributed by atoms with van der Waals surface area (Å²) in [5.41, 5.74) is 5.27. The first-order chi connectivity index (χ1) is 6.75. The molecule has 0 amide bonds. The molecule has 0 fully saturated rings. The van der Waals surface area contributed by atoms with Gasteiger partial charge in [0.25, 0.3) is 0 Å². The Morgan fingerprint density at radius 1 is 1.21 bits per heavy atom. The highest BCUT2D eigenvalue weighted by atomic mass is 35.5. The summed E-state index contributed by atoms with van der Waals surface area (Å²) in [7, 11) is 0. The lowest BCUT2D eigenvalue weighted by atomic mass is 10.3. The summed E-state index contributed by atoms with van der Waals surface area (Å²) in [6.45, 7) is 0.917. The Morgan fingerprint density at radius 3 is 2.43 bits per heavy atom. The van der Waals surface area contributed by atoms with Gasteiger partial charge in [-0.25, -0.2) is 0 Å². The number of hydrogen-bond acceptors (Lipinski definition) is 2. The van der Waals surface area contributed by atoms with Crippen LogP contribution in [0.25, 0.3) is 0 Å². The Balaban J connectivity index is 2.62.